The highest BCUT2D eigenvalue weighted by Crippen LogP contribution is 2.33. The quantitative estimate of drug-likeness (QED) is 0.377. The van der Waals surface area contributed by atoms with Crippen LogP contribution in [0.15, 0.2) is 59.8 Å². The third kappa shape index (κ3) is 5.82. The van der Waals surface area contributed by atoms with Crippen LogP contribution < -0.4 is 5.32 Å². The molecule has 1 saturated carbocycles. The summed E-state index contributed by atoms with van der Waals surface area (Å²) in [6, 6.07) is 17.4. The molecule has 1 N–H and O–H groups in total. The maximum absolute atomic E-state index is 12.7. The number of aromatic nitrogens is 3. The summed E-state index contributed by atoms with van der Waals surface area (Å²) in [4.78, 5) is 24.7. The van der Waals surface area contributed by atoms with E-state index >= 15 is 0 Å². The Labute approximate surface area is 197 Å². The molecular weight excluding hydrogens is 436 g/mol. The Morgan fingerprint density at radius 1 is 1.03 bits per heavy atom. The van der Waals surface area contributed by atoms with Crippen molar-refractivity contribution < 1.29 is 14.3 Å². The van der Waals surface area contributed by atoms with Gasteiger partial charge in [0.25, 0.3) is 0 Å². The molecule has 7 nitrogen and oxygen atoms in total. The van der Waals surface area contributed by atoms with E-state index < -0.39 is 5.97 Å². The Morgan fingerprint density at radius 2 is 1.76 bits per heavy atom. The van der Waals surface area contributed by atoms with Gasteiger partial charge in [0.1, 0.15) is 5.82 Å². The zero-order chi connectivity index (χ0) is 23.0. The lowest BCUT2D eigenvalue weighted by molar-refractivity contribution is -0.113. The van der Waals surface area contributed by atoms with Gasteiger partial charge in [0.15, 0.2) is 5.16 Å². The van der Waals surface area contributed by atoms with Crippen LogP contribution in [0.4, 0.5) is 5.69 Å². The Balaban J connectivity index is 1.48. The van der Waals surface area contributed by atoms with Crippen LogP contribution in [0.25, 0.3) is 0 Å². The number of methoxy groups -OCH3 is 1. The maximum Gasteiger partial charge on any atom is 0.339 e. The molecule has 8 heteroatoms. The van der Waals surface area contributed by atoms with Crippen LogP contribution in [0.2, 0.25) is 0 Å². The second kappa shape index (κ2) is 11.1. The molecule has 33 heavy (non-hydrogen) atoms. The summed E-state index contributed by atoms with van der Waals surface area (Å²) in [5, 5.41) is 12.5. The van der Waals surface area contributed by atoms with Gasteiger partial charge in [-0.2, -0.15) is 0 Å². The molecule has 1 heterocycles. The van der Waals surface area contributed by atoms with Crippen LogP contribution >= 0.6 is 11.8 Å². The first kappa shape index (κ1) is 23.0. The standard InChI is InChI=1S/C25H28N4O3S/c1-32-24(31)20-14-8-9-15-21(20)26-23(30)17-33-25-28-27-22(16-18-10-4-2-5-11-18)29(25)19-12-6-3-7-13-19/h2,4-5,8-11,14-15,19H,3,6-7,12-13,16-17H2,1H3,(H,26,30). The summed E-state index contributed by atoms with van der Waals surface area (Å²) in [7, 11) is 1.32. The van der Waals surface area contributed by atoms with E-state index in [1.807, 2.05) is 18.2 Å². The number of nitrogens with one attached hydrogen (secondary N) is 1. The van der Waals surface area contributed by atoms with Gasteiger partial charge in [-0.25, -0.2) is 4.79 Å². The number of esters is 1. The van der Waals surface area contributed by atoms with Crippen molar-refractivity contribution in [3.8, 4) is 0 Å². The number of para-hydroxylation sites is 1. The van der Waals surface area contributed by atoms with E-state index in [1.54, 1.807) is 24.3 Å². The number of hydrogen-bond acceptors (Lipinski definition) is 6. The van der Waals surface area contributed by atoms with Crippen molar-refractivity contribution >= 4 is 29.3 Å². The van der Waals surface area contributed by atoms with Crippen LogP contribution in [0.1, 0.15) is 59.9 Å². The summed E-state index contributed by atoms with van der Waals surface area (Å²) in [6.45, 7) is 0. The third-order valence-electron chi connectivity index (χ3n) is 5.82. The first-order valence-corrected chi connectivity index (χ1v) is 12.2. The smallest absolute Gasteiger partial charge is 0.339 e. The van der Waals surface area contributed by atoms with E-state index in [0.29, 0.717) is 23.7 Å². The van der Waals surface area contributed by atoms with E-state index in [9.17, 15) is 9.59 Å². The number of ether oxygens (including phenoxy) is 1. The van der Waals surface area contributed by atoms with Gasteiger partial charge in [0.2, 0.25) is 5.91 Å². The number of carbonyl (C=O) groups excluding carboxylic acids is 2. The Kier molecular flexibility index (Phi) is 7.78. The van der Waals surface area contributed by atoms with Crippen molar-refractivity contribution in [2.24, 2.45) is 0 Å². The molecule has 0 saturated heterocycles. The summed E-state index contributed by atoms with van der Waals surface area (Å²) < 4.78 is 7.05. The largest absolute Gasteiger partial charge is 0.465 e. The van der Waals surface area contributed by atoms with E-state index in [1.165, 1.54) is 43.7 Å². The Bertz CT molecular complexity index is 1090. The predicted octanol–water partition coefficient (Wildman–Crippen LogP) is 4.89. The van der Waals surface area contributed by atoms with Gasteiger partial charge < -0.3 is 14.6 Å². The number of nitrogens with zero attached hydrogens (tertiary/aromatic N) is 3. The number of hydrogen-bond donors (Lipinski definition) is 1. The normalized spacial score (nSPS) is 14.1. The van der Waals surface area contributed by atoms with Crippen LogP contribution in [0.3, 0.4) is 0 Å². The molecule has 0 aliphatic heterocycles. The minimum atomic E-state index is -0.485. The number of carbonyl (C=O) groups is 2. The maximum atomic E-state index is 12.7. The highest BCUT2D eigenvalue weighted by atomic mass is 32.2. The summed E-state index contributed by atoms with van der Waals surface area (Å²) in [5.41, 5.74) is 1.96. The third-order valence-corrected chi connectivity index (χ3v) is 6.76. The lowest BCUT2D eigenvalue weighted by Crippen LogP contribution is -2.19. The molecule has 1 aliphatic carbocycles. The molecule has 0 atom stereocenters. The summed E-state index contributed by atoms with van der Waals surface area (Å²) >= 11 is 1.38. The van der Waals surface area contributed by atoms with E-state index in [-0.39, 0.29) is 11.7 Å². The van der Waals surface area contributed by atoms with Gasteiger partial charge in [-0.1, -0.05) is 73.5 Å². The second-order valence-electron chi connectivity index (χ2n) is 8.10. The molecule has 0 bridgehead atoms. The summed E-state index contributed by atoms with van der Waals surface area (Å²) in [5.74, 6) is 0.415. The molecular formula is C25H28N4O3S. The average molecular weight is 465 g/mol. The van der Waals surface area contributed by atoms with Gasteiger partial charge in [0.05, 0.1) is 24.1 Å². The topological polar surface area (TPSA) is 86.1 Å². The van der Waals surface area contributed by atoms with Crippen LogP contribution in [-0.4, -0.2) is 39.5 Å². The molecule has 0 radical (unpaired) electrons. The SMILES string of the molecule is COC(=O)c1ccccc1NC(=O)CSc1nnc(Cc2ccccc2)n1C1CCCCC1. The second-order valence-corrected chi connectivity index (χ2v) is 9.04. The molecule has 1 aromatic heterocycles. The van der Waals surface area contributed by atoms with Gasteiger partial charge in [-0.15, -0.1) is 10.2 Å². The van der Waals surface area contributed by atoms with Crippen molar-refractivity contribution in [3.63, 3.8) is 0 Å². The van der Waals surface area contributed by atoms with Crippen molar-refractivity contribution in [3.05, 3.63) is 71.5 Å². The lowest BCUT2D eigenvalue weighted by atomic mass is 9.95. The monoisotopic (exact) mass is 464 g/mol. The number of benzene rings is 2. The highest BCUT2D eigenvalue weighted by Gasteiger charge is 2.24. The molecule has 4 rings (SSSR count). The molecule has 0 unspecified atom stereocenters. The minimum absolute atomic E-state index is 0.172. The number of anilines is 1. The zero-order valence-corrected chi connectivity index (χ0v) is 19.5. The number of amides is 1. The number of thioether (sulfide) groups is 1. The van der Waals surface area contributed by atoms with Crippen molar-refractivity contribution in [2.45, 2.75) is 49.7 Å². The highest BCUT2D eigenvalue weighted by molar-refractivity contribution is 7.99. The predicted molar refractivity (Wildman–Crippen MR) is 129 cm³/mol. The number of rotatable bonds is 8. The fourth-order valence-corrected chi connectivity index (χ4v) is 5.03. The first-order chi connectivity index (χ1) is 16.2. The zero-order valence-electron chi connectivity index (χ0n) is 18.7. The average Bonchev–Trinajstić information content (AvgIpc) is 3.26. The van der Waals surface area contributed by atoms with Gasteiger partial charge >= 0.3 is 5.97 Å². The molecule has 2 aromatic carbocycles. The molecule has 172 valence electrons. The van der Waals surface area contributed by atoms with E-state index in [4.69, 9.17) is 4.74 Å². The van der Waals surface area contributed by atoms with Crippen LogP contribution in [0.5, 0.6) is 0 Å². The molecule has 1 fully saturated rings. The van der Waals surface area contributed by atoms with Gasteiger partial charge in [0, 0.05) is 12.5 Å². The van der Waals surface area contributed by atoms with Crippen LogP contribution in [0, 0.1) is 0 Å². The first-order valence-electron chi connectivity index (χ1n) is 11.2. The molecule has 0 spiro atoms. The van der Waals surface area contributed by atoms with Crippen LogP contribution in [-0.2, 0) is 16.0 Å². The molecule has 1 amide bonds. The van der Waals surface area contributed by atoms with E-state index in [2.05, 4.69) is 32.2 Å². The van der Waals surface area contributed by atoms with E-state index in [0.717, 1.165) is 23.8 Å². The minimum Gasteiger partial charge on any atom is -0.465 e. The lowest BCUT2D eigenvalue weighted by Gasteiger charge is -2.25. The fourth-order valence-electron chi connectivity index (χ4n) is 4.21. The van der Waals surface area contributed by atoms with Gasteiger partial charge in [-0.05, 0) is 30.5 Å². The molecule has 3 aromatic rings. The van der Waals surface area contributed by atoms with Gasteiger partial charge in [-0.3, -0.25) is 4.79 Å². The Hall–Kier alpha value is -3.13. The van der Waals surface area contributed by atoms with Crippen molar-refractivity contribution in [1.29, 1.82) is 0 Å². The van der Waals surface area contributed by atoms with Crippen molar-refractivity contribution in [1.82, 2.24) is 14.8 Å². The van der Waals surface area contributed by atoms with Crippen molar-refractivity contribution in [2.75, 3.05) is 18.2 Å². The fraction of sp³-hybridized carbons (Fsp3) is 0.360. The molecule has 1 aliphatic rings. The Morgan fingerprint density at radius 3 is 2.52 bits per heavy atom. The summed E-state index contributed by atoms with van der Waals surface area (Å²) in [6.07, 6.45) is 6.57.